The summed E-state index contributed by atoms with van der Waals surface area (Å²) in [7, 11) is 1.45. The van der Waals surface area contributed by atoms with Crippen molar-refractivity contribution in [2.75, 3.05) is 6.54 Å². The minimum Gasteiger partial charge on any atom is -0.352 e. The van der Waals surface area contributed by atoms with Gasteiger partial charge in [0.25, 0.3) is 15.0 Å². The van der Waals surface area contributed by atoms with E-state index in [0.717, 1.165) is 6.42 Å². The van der Waals surface area contributed by atoms with E-state index in [-0.39, 0.29) is 10.8 Å². The summed E-state index contributed by atoms with van der Waals surface area (Å²) < 4.78 is 22.2. The molecule has 0 aliphatic heterocycles. The molecule has 1 amide bonds. The van der Waals surface area contributed by atoms with Crippen molar-refractivity contribution >= 4 is 37.0 Å². The smallest absolute Gasteiger partial charge is 0.261 e. The van der Waals surface area contributed by atoms with Crippen molar-refractivity contribution in [3.05, 3.63) is 52.2 Å². The summed E-state index contributed by atoms with van der Waals surface area (Å²) in [5, 5.41) is 4.77. The third kappa shape index (κ3) is 4.06. The van der Waals surface area contributed by atoms with Crippen LogP contribution in [-0.2, 0) is 15.5 Å². The molecule has 7 heteroatoms. The van der Waals surface area contributed by atoms with Crippen LogP contribution in [0.2, 0.25) is 0 Å². The topological polar surface area (TPSA) is 63.2 Å². The summed E-state index contributed by atoms with van der Waals surface area (Å²) in [6.07, 6.45) is 0.775. The molecule has 0 saturated carbocycles. The Morgan fingerprint density at radius 2 is 1.90 bits per heavy atom. The third-order valence-corrected chi connectivity index (χ3v) is 4.94. The molecule has 0 fully saturated rings. The largest absolute Gasteiger partial charge is 0.352 e. The maximum atomic E-state index is 11.8. The lowest BCUT2D eigenvalue weighted by atomic mass is 10.2. The zero-order valence-corrected chi connectivity index (χ0v) is 12.8. The number of thiophene rings is 1. The van der Waals surface area contributed by atoms with Crippen molar-refractivity contribution in [1.82, 2.24) is 5.32 Å². The quantitative estimate of drug-likeness (QED) is 0.858. The van der Waals surface area contributed by atoms with Crippen LogP contribution in [0.3, 0.4) is 0 Å². The molecule has 0 aliphatic rings. The van der Waals surface area contributed by atoms with Crippen molar-refractivity contribution in [2.24, 2.45) is 0 Å². The van der Waals surface area contributed by atoms with Crippen LogP contribution in [0.25, 0.3) is 0 Å². The van der Waals surface area contributed by atoms with Gasteiger partial charge in [0.15, 0.2) is 0 Å². The fourth-order valence-corrected chi connectivity index (χ4v) is 3.10. The number of nitrogens with one attached hydrogen (secondary N) is 1. The molecular weight excluding hydrogens is 318 g/mol. The molecule has 1 heterocycles. The zero-order chi connectivity index (χ0) is 14.6. The summed E-state index contributed by atoms with van der Waals surface area (Å²) in [5.74, 6) is -0.236. The second-order valence-electron chi connectivity index (χ2n) is 4.05. The van der Waals surface area contributed by atoms with Gasteiger partial charge in [0, 0.05) is 27.7 Å². The molecule has 106 valence electrons. The summed E-state index contributed by atoms with van der Waals surface area (Å²) in [6, 6.07) is 9.49. The van der Waals surface area contributed by atoms with Crippen LogP contribution >= 0.6 is 22.0 Å². The van der Waals surface area contributed by atoms with E-state index in [0.29, 0.717) is 12.1 Å². The van der Waals surface area contributed by atoms with Crippen LogP contribution in [0.4, 0.5) is 0 Å². The Bertz CT molecular complexity index is 679. The van der Waals surface area contributed by atoms with E-state index in [1.54, 1.807) is 11.3 Å². The SMILES string of the molecule is O=C(NCCc1cccs1)c1ccc(S(=O)(=O)Cl)cc1. The number of benzene rings is 1. The Kier molecular flexibility index (Phi) is 4.80. The van der Waals surface area contributed by atoms with Crippen LogP contribution in [0, 0.1) is 0 Å². The van der Waals surface area contributed by atoms with Gasteiger partial charge in [-0.15, -0.1) is 11.3 Å². The Balaban J connectivity index is 1.92. The zero-order valence-electron chi connectivity index (χ0n) is 10.4. The monoisotopic (exact) mass is 329 g/mol. The summed E-state index contributed by atoms with van der Waals surface area (Å²) in [5.41, 5.74) is 0.403. The van der Waals surface area contributed by atoms with Crippen molar-refractivity contribution in [3.8, 4) is 0 Å². The highest BCUT2D eigenvalue weighted by Crippen LogP contribution is 2.15. The van der Waals surface area contributed by atoms with Crippen molar-refractivity contribution in [2.45, 2.75) is 11.3 Å². The first-order valence-corrected chi connectivity index (χ1v) is 9.01. The average Bonchev–Trinajstić information content (AvgIpc) is 2.91. The van der Waals surface area contributed by atoms with Crippen LogP contribution in [0.1, 0.15) is 15.2 Å². The minimum absolute atomic E-state index is 0.0192. The van der Waals surface area contributed by atoms with Gasteiger partial charge in [-0.3, -0.25) is 4.79 Å². The molecular formula is C13H12ClNO3S2. The van der Waals surface area contributed by atoms with Crippen LogP contribution in [0.5, 0.6) is 0 Å². The first-order valence-electron chi connectivity index (χ1n) is 5.82. The molecule has 1 N–H and O–H groups in total. The molecule has 4 nitrogen and oxygen atoms in total. The summed E-state index contributed by atoms with van der Waals surface area (Å²) >= 11 is 1.64. The molecule has 0 radical (unpaired) electrons. The number of amides is 1. The maximum absolute atomic E-state index is 11.8. The Hall–Kier alpha value is -1.37. The van der Waals surface area contributed by atoms with Crippen molar-refractivity contribution < 1.29 is 13.2 Å². The summed E-state index contributed by atoms with van der Waals surface area (Å²) in [6.45, 7) is 0.537. The number of rotatable bonds is 5. The molecule has 0 saturated heterocycles. The molecule has 20 heavy (non-hydrogen) atoms. The second-order valence-corrected chi connectivity index (χ2v) is 7.65. The number of carbonyl (C=O) groups excluding carboxylic acids is 1. The van der Waals surface area contributed by atoms with E-state index in [4.69, 9.17) is 10.7 Å². The molecule has 0 bridgehead atoms. The van der Waals surface area contributed by atoms with Gasteiger partial charge in [0.1, 0.15) is 0 Å². The first-order chi connectivity index (χ1) is 9.47. The molecule has 0 aliphatic carbocycles. The van der Waals surface area contributed by atoms with E-state index < -0.39 is 9.05 Å². The van der Waals surface area contributed by atoms with E-state index in [1.165, 1.54) is 29.1 Å². The predicted molar refractivity (Wildman–Crippen MR) is 79.8 cm³/mol. The Morgan fingerprint density at radius 3 is 2.45 bits per heavy atom. The van der Waals surface area contributed by atoms with Gasteiger partial charge < -0.3 is 5.32 Å². The van der Waals surface area contributed by atoms with Gasteiger partial charge in [-0.25, -0.2) is 8.42 Å². The highest BCUT2D eigenvalue weighted by molar-refractivity contribution is 8.13. The number of hydrogen-bond acceptors (Lipinski definition) is 4. The first kappa shape index (κ1) is 15.0. The molecule has 2 rings (SSSR count). The predicted octanol–water partition coefficient (Wildman–Crippen LogP) is 2.65. The van der Waals surface area contributed by atoms with Gasteiger partial charge in [0.2, 0.25) is 0 Å². The van der Waals surface area contributed by atoms with Gasteiger partial charge in [-0.05, 0) is 42.1 Å². The Morgan fingerprint density at radius 1 is 1.20 bits per heavy atom. The van der Waals surface area contributed by atoms with Gasteiger partial charge >= 0.3 is 0 Å². The molecule has 0 unspecified atom stereocenters. The molecule has 0 atom stereocenters. The molecule has 0 spiro atoms. The average molecular weight is 330 g/mol. The van der Waals surface area contributed by atoms with Gasteiger partial charge in [0.05, 0.1) is 4.90 Å². The van der Waals surface area contributed by atoms with Crippen LogP contribution in [0.15, 0.2) is 46.7 Å². The van der Waals surface area contributed by atoms with Crippen molar-refractivity contribution in [1.29, 1.82) is 0 Å². The molecule has 1 aromatic heterocycles. The third-order valence-electron chi connectivity index (χ3n) is 2.64. The van der Waals surface area contributed by atoms with E-state index >= 15 is 0 Å². The van der Waals surface area contributed by atoms with Crippen LogP contribution < -0.4 is 5.32 Å². The van der Waals surface area contributed by atoms with Gasteiger partial charge in [-0.1, -0.05) is 6.07 Å². The highest BCUT2D eigenvalue weighted by atomic mass is 35.7. The number of hydrogen-bond donors (Lipinski definition) is 1. The maximum Gasteiger partial charge on any atom is 0.261 e. The highest BCUT2D eigenvalue weighted by Gasteiger charge is 2.11. The fraction of sp³-hybridized carbons (Fsp3) is 0.154. The van der Waals surface area contributed by atoms with Gasteiger partial charge in [-0.2, -0.15) is 0 Å². The molecule has 2 aromatic rings. The number of carbonyl (C=O) groups is 1. The lowest BCUT2D eigenvalue weighted by Crippen LogP contribution is -2.25. The van der Waals surface area contributed by atoms with E-state index in [1.807, 2.05) is 17.5 Å². The summed E-state index contributed by atoms with van der Waals surface area (Å²) in [4.78, 5) is 13.0. The number of halogens is 1. The van der Waals surface area contributed by atoms with Crippen LogP contribution in [-0.4, -0.2) is 20.9 Å². The lowest BCUT2D eigenvalue weighted by Gasteiger charge is -2.04. The van der Waals surface area contributed by atoms with E-state index in [2.05, 4.69) is 5.32 Å². The second kappa shape index (κ2) is 6.39. The fourth-order valence-electron chi connectivity index (χ4n) is 1.62. The Labute approximate surface area is 125 Å². The standard InChI is InChI=1S/C13H12ClNO3S2/c14-20(17,18)12-5-3-10(4-6-12)13(16)15-8-7-11-2-1-9-19-11/h1-6,9H,7-8H2,(H,15,16). The van der Waals surface area contributed by atoms with Crippen molar-refractivity contribution in [3.63, 3.8) is 0 Å². The lowest BCUT2D eigenvalue weighted by molar-refractivity contribution is 0.0954. The normalized spacial score (nSPS) is 11.2. The molecule has 1 aromatic carbocycles. The minimum atomic E-state index is -3.75. The van der Waals surface area contributed by atoms with E-state index in [9.17, 15) is 13.2 Å².